The number of aliphatic hydroxyl groups is 11. The van der Waals surface area contributed by atoms with Crippen LogP contribution in [-0.2, 0) is 80.3 Å². The van der Waals surface area contributed by atoms with Crippen molar-refractivity contribution in [2.24, 2.45) is 0 Å². The molecule has 11 N–H and O–H groups in total. The van der Waals surface area contributed by atoms with Crippen LogP contribution >= 0.6 is 0 Å². The minimum Gasteiger partial charge on any atom is -0.396 e. The van der Waals surface area contributed by atoms with E-state index in [0.717, 1.165) is 38.5 Å². The van der Waals surface area contributed by atoms with Crippen molar-refractivity contribution >= 4 is 23.1 Å². The molecule has 0 saturated heterocycles. The number of unbranched alkanes of at least 4 members (excludes halogenated alkanes) is 3. The van der Waals surface area contributed by atoms with E-state index in [1.807, 2.05) is 0 Å². The van der Waals surface area contributed by atoms with Gasteiger partial charge in [-0.05, 0) is 74.7 Å². The number of hydrogen-bond acceptors (Lipinski definition) is 17. The molecule has 0 bridgehead atoms. The molecule has 0 aromatic carbocycles. The van der Waals surface area contributed by atoms with Crippen LogP contribution in [0.1, 0.15) is 140 Å². The van der Waals surface area contributed by atoms with Crippen molar-refractivity contribution in [3.63, 3.8) is 0 Å². The summed E-state index contributed by atoms with van der Waals surface area (Å²) in [4.78, 5) is 40.4. The van der Waals surface area contributed by atoms with Gasteiger partial charge in [-0.25, -0.2) is 0 Å². The quantitative estimate of drug-likeness (QED) is 0.0543. The summed E-state index contributed by atoms with van der Waals surface area (Å²) in [5, 5.41) is 90.6. The smallest absolute Gasteiger partial charge is 0.132 e. The molecule has 0 fully saturated rings. The Kier molecular flexibility index (Phi) is 124. The van der Waals surface area contributed by atoms with Crippen LogP contribution in [-0.4, -0.2) is 176 Å². The Balaban J connectivity index is -0.0000000488. The number of hydrogen-bond donors (Lipinski definition) is 11. The van der Waals surface area contributed by atoms with Crippen LogP contribution in [0.2, 0.25) is 0 Å². The molecule has 0 spiro atoms. The predicted octanol–water partition coefficient (Wildman–Crippen LogP) is 1.69. The van der Waals surface area contributed by atoms with Crippen molar-refractivity contribution in [3.8, 4) is 0 Å². The standard InChI is InChI=1S/4C5H10O2.2C4H10O3.3C4H10O.2Hf/c4*1-4(6)3-5(2)7;2*5-1-3-7-4-2-6;3*1-2-3-4-5;;/h4*4,6H,3H2,1-2H3;2*5-6H,1-4H2;3*5H,2-4H2,1H3;;. The number of carbonyl (C=O) groups is 4. The SMILES string of the molecule is CC(=O)CC(C)O.CC(=O)CC(C)O.CC(=O)CC(C)O.CC(=O)CC(C)O.CCCCO.CCCCO.CCCCO.OCCOCCO.OCCOCCO.[Hf].[Hf]. The third-order valence-electron chi connectivity index (χ3n) is 4.81. The molecule has 0 aliphatic carbocycles. The molecule has 0 radical (unpaired) electrons. The zero-order valence-corrected chi connectivity index (χ0v) is 45.7. The second-order valence-corrected chi connectivity index (χ2v) is 12.4. The molecule has 0 amide bonds. The minimum absolute atomic E-state index is 0. The summed E-state index contributed by atoms with van der Waals surface area (Å²) in [6, 6.07) is 0. The zero-order chi connectivity index (χ0) is 46.9. The van der Waals surface area contributed by atoms with E-state index in [0.29, 0.717) is 46.2 Å². The average molecular weight is 1200 g/mol. The zero-order valence-electron chi connectivity index (χ0n) is 38.5. The van der Waals surface area contributed by atoms with Gasteiger partial charge in [-0.15, -0.1) is 0 Å². The summed E-state index contributed by atoms with van der Waals surface area (Å²) in [7, 11) is 0. The molecule has 360 valence electrons. The molecular formula is C40H90Hf2O17. The molecule has 0 rings (SSSR count). The Morgan fingerprint density at radius 1 is 0.373 bits per heavy atom. The Labute approximate surface area is 394 Å². The molecule has 0 aromatic rings. The van der Waals surface area contributed by atoms with Gasteiger partial charge in [-0.1, -0.05) is 40.0 Å². The van der Waals surface area contributed by atoms with Gasteiger partial charge in [0.15, 0.2) is 0 Å². The largest absolute Gasteiger partial charge is 0.396 e. The van der Waals surface area contributed by atoms with E-state index in [9.17, 15) is 19.2 Å². The minimum atomic E-state index is -0.475. The Bertz CT molecular complexity index is 615. The van der Waals surface area contributed by atoms with Crippen LogP contribution in [0, 0.1) is 0 Å². The normalized spacial score (nSPS) is 10.8. The number of rotatable bonds is 22. The maximum atomic E-state index is 10.1. The fourth-order valence-corrected chi connectivity index (χ4v) is 2.60. The van der Waals surface area contributed by atoms with Gasteiger partial charge in [0.1, 0.15) is 23.1 Å². The van der Waals surface area contributed by atoms with Crippen molar-refractivity contribution in [3.05, 3.63) is 0 Å². The molecule has 17 nitrogen and oxygen atoms in total. The fraction of sp³-hybridized carbons (Fsp3) is 0.900. The van der Waals surface area contributed by atoms with E-state index in [-0.39, 0.29) is 127 Å². The summed E-state index contributed by atoms with van der Waals surface area (Å²) in [6.45, 7) is 20.8. The Morgan fingerprint density at radius 2 is 0.525 bits per heavy atom. The first-order valence-electron chi connectivity index (χ1n) is 19.7. The molecule has 0 aliphatic heterocycles. The molecule has 19 heteroatoms. The van der Waals surface area contributed by atoms with Crippen LogP contribution in [0.4, 0.5) is 0 Å². The predicted molar refractivity (Wildman–Crippen MR) is 224 cm³/mol. The second kappa shape index (κ2) is 85.2. The van der Waals surface area contributed by atoms with Gasteiger partial charge in [-0.2, -0.15) is 0 Å². The van der Waals surface area contributed by atoms with Crippen molar-refractivity contribution in [2.45, 2.75) is 165 Å². The molecule has 59 heavy (non-hydrogen) atoms. The van der Waals surface area contributed by atoms with E-state index in [2.05, 4.69) is 30.2 Å². The summed E-state index contributed by atoms with van der Waals surface area (Å²) in [6.07, 6.45) is 5.33. The van der Waals surface area contributed by atoms with Crippen LogP contribution < -0.4 is 0 Å². The van der Waals surface area contributed by atoms with E-state index < -0.39 is 24.4 Å². The number of carbonyl (C=O) groups excluding carboxylic acids is 4. The van der Waals surface area contributed by atoms with Gasteiger partial charge in [0, 0.05) is 97.2 Å². The topological polar surface area (TPSA) is 309 Å². The monoisotopic (exact) mass is 1200 g/mol. The third-order valence-corrected chi connectivity index (χ3v) is 4.81. The molecule has 0 aliphatic rings. The maximum Gasteiger partial charge on any atom is 0.132 e. The van der Waals surface area contributed by atoms with Crippen molar-refractivity contribution in [2.75, 3.05) is 72.7 Å². The first kappa shape index (κ1) is 86.1. The van der Waals surface area contributed by atoms with Crippen LogP contribution in [0.15, 0.2) is 0 Å². The summed E-state index contributed by atoms with van der Waals surface area (Å²) < 4.78 is 9.26. The van der Waals surface area contributed by atoms with Crippen molar-refractivity contribution in [1.82, 2.24) is 0 Å². The Morgan fingerprint density at radius 3 is 0.559 bits per heavy atom. The van der Waals surface area contributed by atoms with E-state index in [4.69, 9.17) is 56.2 Å². The van der Waals surface area contributed by atoms with Gasteiger partial charge in [0.05, 0.1) is 77.3 Å². The molecule has 4 atom stereocenters. The van der Waals surface area contributed by atoms with E-state index >= 15 is 0 Å². The first-order valence-corrected chi connectivity index (χ1v) is 19.7. The van der Waals surface area contributed by atoms with Gasteiger partial charge >= 0.3 is 0 Å². The molecule has 0 aromatic heterocycles. The summed E-state index contributed by atoms with van der Waals surface area (Å²) >= 11 is 0. The molecule has 4 unspecified atom stereocenters. The first-order chi connectivity index (χ1) is 26.6. The number of Topliss-reactive ketones (excluding diaryl/α,β-unsaturated/α-hetero) is 4. The van der Waals surface area contributed by atoms with Crippen molar-refractivity contribution in [1.29, 1.82) is 0 Å². The second-order valence-electron chi connectivity index (χ2n) is 12.4. The third kappa shape index (κ3) is 202. The Hall–Kier alpha value is -0.0997. The number of ketones is 4. The van der Waals surface area contributed by atoms with E-state index in [1.165, 1.54) is 27.7 Å². The van der Waals surface area contributed by atoms with Crippen LogP contribution in [0.25, 0.3) is 0 Å². The van der Waals surface area contributed by atoms with Crippen LogP contribution in [0.3, 0.4) is 0 Å². The van der Waals surface area contributed by atoms with Gasteiger partial charge in [0.2, 0.25) is 0 Å². The average Bonchev–Trinajstić information content (AvgIpc) is 3.06. The van der Waals surface area contributed by atoms with Gasteiger partial charge in [0.25, 0.3) is 0 Å². The van der Waals surface area contributed by atoms with E-state index in [1.54, 1.807) is 27.7 Å². The molecule has 0 saturated carbocycles. The molecular weight excluding hydrogens is 1110 g/mol. The van der Waals surface area contributed by atoms with Gasteiger partial charge in [-0.3, -0.25) is 19.2 Å². The number of ether oxygens (including phenoxy) is 2. The fourth-order valence-electron chi connectivity index (χ4n) is 2.60. The van der Waals surface area contributed by atoms with Crippen molar-refractivity contribution < 1.29 is 137 Å². The molecule has 0 heterocycles. The number of aliphatic hydroxyl groups excluding tert-OH is 11. The summed E-state index contributed by atoms with van der Waals surface area (Å²) in [5.41, 5.74) is 0. The summed E-state index contributed by atoms with van der Waals surface area (Å²) in [5.74, 6) is 0.148. The maximum absolute atomic E-state index is 10.1. The van der Waals surface area contributed by atoms with Crippen LogP contribution in [0.5, 0.6) is 0 Å². The van der Waals surface area contributed by atoms with Gasteiger partial charge < -0.3 is 65.6 Å².